The van der Waals surface area contributed by atoms with Gasteiger partial charge >= 0.3 is 0 Å². The van der Waals surface area contributed by atoms with Crippen LogP contribution in [0, 0.1) is 17.2 Å². The van der Waals surface area contributed by atoms with Crippen LogP contribution in [0.4, 0.5) is 17.3 Å². The average Bonchev–Trinajstić information content (AvgIpc) is 2.92. The number of hydrogen-bond donors (Lipinski definition) is 3. The number of rotatable bonds is 7. The summed E-state index contributed by atoms with van der Waals surface area (Å²) in [5.41, 5.74) is 8.89. The number of nitrogen functional groups attached to an aromatic ring is 1. The number of amides is 2. The van der Waals surface area contributed by atoms with E-state index in [1.54, 1.807) is 17.0 Å². The van der Waals surface area contributed by atoms with E-state index < -0.39 is 0 Å². The summed E-state index contributed by atoms with van der Waals surface area (Å²) in [7, 11) is 0. The number of nitrogens with one attached hydrogen (secondary N) is 2. The number of nitrogens with zero attached hydrogens (tertiary/aromatic N) is 4. The van der Waals surface area contributed by atoms with Crippen LogP contribution in [-0.2, 0) is 4.79 Å². The Morgan fingerprint density at radius 3 is 2.44 bits per heavy atom. The summed E-state index contributed by atoms with van der Waals surface area (Å²) in [5, 5.41) is 15.2. The van der Waals surface area contributed by atoms with Gasteiger partial charge in [0, 0.05) is 30.9 Å². The zero-order valence-corrected chi connectivity index (χ0v) is 19.8. The topological polar surface area (TPSA) is 137 Å². The maximum absolute atomic E-state index is 12.6. The molecular weight excluding hydrogens is 454 g/mol. The maximum atomic E-state index is 12.6. The number of nitrogens with two attached hydrogens (primary N) is 1. The first-order chi connectivity index (χ1) is 17.5. The smallest absolute Gasteiger partial charge is 0.263 e. The Bertz CT molecular complexity index is 1290. The van der Waals surface area contributed by atoms with Crippen molar-refractivity contribution in [1.82, 2.24) is 14.9 Å². The minimum atomic E-state index is -0.296. The molecule has 1 aliphatic heterocycles. The largest absolute Gasteiger partial charge is 0.383 e. The number of carbonyl (C=O) groups is 2. The second-order valence-electron chi connectivity index (χ2n) is 8.59. The molecule has 9 nitrogen and oxygen atoms in total. The number of benzene rings is 2. The molecule has 1 aliphatic rings. The predicted octanol–water partition coefficient (Wildman–Crippen LogP) is 3.71. The number of likely N-dealkylation sites (tertiary alicyclic amines) is 1. The quantitative estimate of drug-likeness (QED) is 0.345. The van der Waals surface area contributed by atoms with Crippen LogP contribution in [0.15, 0.2) is 73.1 Å². The number of nitriles is 1. The van der Waals surface area contributed by atoms with E-state index in [9.17, 15) is 9.59 Å². The number of carbonyl (C=O) groups excluding carboxylic acids is 2. The standard InChI is InChI=1S/C27H27N7O2/c1-18(15-28)27(36)34-13-11-19(12-14-34)16-30-25-23(24(29)31-17-32-25)20-7-9-21(10-8-20)26(35)33-22-5-3-2-4-6-22/h2-10,17,19H,1,11-14,16H2,(H,33,35)(H3,29,30,31,32). The van der Waals surface area contributed by atoms with Gasteiger partial charge in [-0.15, -0.1) is 0 Å². The summed E-state index contributed by atoms with van der Waals surface area (Å²) in [6.45, 7) is 5.33. The normalized spacial score (nSPS) is 13.5. The summed E-state index contributed by atoms with van der Waals surface area (Å²) < 4.78 is 0. The third kappa shape index (κ3) is 5.67. The lowest BCUT2D eigenvalue weighted by Gasteiger charge is -2.32. The van der Waals surface area contributed by atoms with Crippen molar-refractivity contribution in [1.29, 1.82) is 5.26 Å². The van der Waals surface area contributed by atoms with Crippen molar-refractivity contribution in [3.05, 3.63) is 78.6 Å². The van der Waals surface area contributed by atoms with Gasteiger partial charge in [0.05, 0.1) is 5.56 Å². The van der Waals surface area contributed by atoms with E-state index in [1.165, 1.54) is 6.33 Å². The Balaban J connectivity index is 1.40. The van der Waals surface area contributed by atoms with Crippen molar-refractivity contribution >= 4 is 29.1 Å². The van der Waals surface area contributed by atoms with Gasteiger partial charge in [0.15, 0.2) is 0 Å². The van der Waals surface area contributed by atoms with E-state index in [0.29, 0.717) is 48.3 Å². The minimum absolute atomic E-state index is 0.0313. The molecule has 1 saturated heterocycles. The van der Waals surface area contributed by atoms with E-state index in [2.05, 4.69) is 27.2 Å². The molecule has 36 heavy (non-hydrogen) atoms. The number of anilines is 3. The maximum Gasteiger partial charge on any atom is 0.263 e. The predicted molar refractivity (Wildman–Crippen MR) is 139 cm³/mol. The molecule has 2 heterocycles. The van der Waals surface area contributed by atoms with Gasteiger partial charge in [-0.1, -0.05) is 36.9 Å². The third-order valence-corrected chi connectivity index (χ3v) is 6.20. The summed E-state index contributed by atoms with van der Waals surface area (Å²) in [6.07, 6.45) is 3.02. The lowest BCUT2D eigenvalue weighted by Crippen LogP contribution is -2.40. The summed E-state index contributed by atoms with van der Waals surface area (Å²) >= 11 is 0. The molecule has 0 radical (unpaired) electrons. The second-order valence-corrected chi connectivity index (χ2v) is 8.59. The first-order valence-electron chi connectivity index (χ1n) is 11.7. The van der Waals surface area contributed by atoms with Crippen LogP contribution in [-0.4, -0.2) is 46.3 Å². The van der Waals surface area contributed by atoms with Gasteiger partial charge in [0.1, 0.15) is 29.6 Å². The van der Waals surface area contributed by atoms with Gasteiger partial charge in [-0.05, 0) is 48.6 Å². The van der Waals surface area contributed by atoms with E-state index in [-0.39, 0.29) is 17.4 Å². The van der Waals surface area contributed by atoms with E-state index >= 15 is 0 Å². The monoisotopic (exact) mass is 481 g/mol. The van der Waals surface area contributed by atoms with E-state index in [0.717, 1.165) is 24.1 Å². The van der Waals surface area contributed by atoms with Crippen LogP contribution < -0.4 is 16.4 Å². The Morgan fingerprint density at radius 2 is 1.78 bits per heavy atom. The summed E-state index contributed by atoms with van der Waals surface area (Å²) in [4.78, 5) is 34.9. The third-order valence-electron chi connectivity index (χ3n) is 6.20. The molecule has 3 aromatic rings. The molecule has 0 saturated carbocycles. The number of hydrogen-bond acceptors (Lipinski definition) is 7. The van der Waals surface area contributed by atoms with Crippen molar-refractivity contribution in [3.8, 4) is 17.2 Å². The van der Waals surface area contributed by atoms with Crippen molar-refractivity contribution in [3.63, 3.8) is 0 Å². The van der Waals surface area contributed by atoms with Crippen molar-refractivity contribution in [2.24, 2.45) is 5.92 Å². The van der Waals surface area contributed by atoms with Crippen LogP contribution in [0.2, 0.25) is 0 Å². The fourth-order valence-corrected chi connectivity index (χ4v) is 4.15. The van der Waals surface area contributed by atoms with Crippen LogP contribution in [0.25, 0.3) is 11.1 Å². The Kier molecular flexibility index (Phi) is 7.56. The van der Waals surface area contributed by atoms with Crippen LogP contribution in [0.1, 0.15) is 23.2 Å². The molecule has 2 aromatic carbocycles. The van der Waals surface area contributed by atoms with Crippen LogP contribution in [0.5, 0.6) is 0 Å². The first-order valence-corrected chi connectivity index (χ1v) is 11.7. The molecule has 182 valence electrons. The molecule has 0 aliphatic carbocycles. The number of aromatic nitrogens is 2. The molecule has 0 atom stereocenters. The van der Waals surface area contributed by atoms with Gasteiger partial charge in [0.25, 0.3) is 11.8 Å². The molecule has 2 amide bonds. The lowest BCUT2D eigenvalue weighted by molar-refractivity contribution is -0.127. The highest BCUT2D eigenvalue weighted by Gasteiger charge is 2.24. The first kappa shape index (κ1) is 24.4. The highest BCUT2D eigenvalue weighted by molar-refractivity contribution is 6.04. The zero-order valence-electron chi connectivity index (χ0n) is 19.8. The zero-order chi connectivity index (χ0) is 25.5. The van der Waals surface area contributed by atoms with Crippen LogP contribution >= 0.6 is 0 Å². The van der Waals surface area contributed by atoms with Crippen LogP contribution in [0.3, 0.4) is 0 Å². The average molecular weight is 482 g/mol. The van der Waals surface area contributed by atoms with Gasteiger partial charge in [0.2, 0.25) is 0 Å². The Hall–Kier alpha value is -4.71. The fraction of sp³-hybridized carbons (Fsp3) is 0.222. The Morgan fingerprint density at radius 1 is 1.08 bits per heavy atom. The molecule has 1 aromatic heterocycles. The van der Waals surface area contributed by atoms with Gasteiger partial charge < -0.3 is 21.3 Å². The summed E-state index contributed by atoms with van der Waals surface area (Å²) in [5.74, 6) is 0.782. The molecule has 4 N–H and O–H groups in total. The molecule has 1 fully saturated rings. The van der Waals surface area contributed by atoms with E-state index in [4.69, 9.17) is 11.0 Å². The van der Waals surface area contributed by atoms with Gasteiger partial charge in [-0.2, -0.15) is 5.26 Å². The van der Waals surface area contributed by atoms with Crippen molar-refractivity contribution in [2.45, 2.75) is 12.8 Å². The SMILES string of the molecule is C=C(C#N)C(=O)N1CCC(CNc2ncnc(N)c2-c2ccc(C(=O)Nc3ccccc3)cc2)CC1. The van der Waals surface area contributed by atoms with E-state index in [1.807, 2.05) is 48.5 Å². The highest BCUT2D eigenvalue weighted by atomic mass is 16.2. The lowest BCUT2D eigenvalue weighted by atomic mass is 9.96. The van der Waals surface area contributed by atoms with Crippen molar-refractivity contribution in [2.75, 3.05) is 36.0 Å². The van der Waals surface area contributed by atoms with Gasteiger partial charge in [-0.3, -0.25) is 9.59 Å². The number of piperidine rings is 1. The fourth-order valence-electron chi connectivity index (χ4n) is 4.15. The molecule has 9 heteroatoms. The highest BCUT2D eigenvalue weighted by Crippen LogP contribution is 2.31. The minimum Gasteiger partial charge on any atom is -0.383 e. The van der Waals surface area contributed by atoms with Gasteiger partial charge in [-0.25, -0.2) is 9.97 Å². The second kappa shape index (κ2) is 11.1. The molecule has 0 unspecified atom stereocenters. The molecular formula is C27H27N7O2. The van der Waals surface area contributed by atoms with Crippen molar-refractivity contribution < 1.29 is 9.59 Å². The Labute approximate surface area is 209 Å². The number of para-hydroxylation sites is 1. The molecule has 4 rings (SSSR count). The summed E-state index contributed by atoms with van der Waals surface area (Å²) in [6, 6.07) is 18.2. The molecule has 0 spiro atoms. The molecule has 0 bridgehead atoms.